The van der Waals surface area contributed by atoms with Crippen LogP contribution in [0, 0.1) is 0 Å². The van der Waals surface area contributed by atoms with Crippen molar-refractivity contribution in [3.63, 3.8) is 0 Å². The molecular weight excluding hydrogens is 286 g/mol. The molecule has 1 aromatic carbocycles. The number of hydrogen-bond donors (Lipinski definition) is 2. The summed E-state index contributed by atoms with van der Waals surface area (Å²) >= 11 is 0.807. The molecule has 0 aliphatic rings. The molecule has 19 heavy (non-hydrogen) atoms. The topological polar surface area (TPSA) is 108 Å². The maximum Gasteiger partial charge on any atom is 0.239 e. The van der Waals surface area contributed by atoms with Crippen molar-refractivity contribution in [2.75, 3.05) is 0 Å². The minimum Gasteiger partial charge on any atom is -0.439 e. The van der Waals surface area contributed by atoms with Gasteiger partial charge < -0.3 is 4.74 Å². The molecule has 6 nitrogen and oxygen atoms in total. The number of primary sulfonamides is 1. The van der Waals surface area contributed by atoms with E-state index in [2.05, 4.69) is 4.98 Å². The number of nitrogens with zero attached hydrogens (tertiary/aromatic N) is 1. The van der Waals surface area contributed by atoms with Crippen molar-refractivity contribution in [2.24, 2.45) is 10.3 Å². The van der Waals surface area contributed by atoms with Gasteiger partial charge in [-0.1, -0.05) is 6.07 Å². The van der Waals surface area contributed by atoms with Crippen molar-refractivity contribution in [1.29, 1.82) is 0 Å². The summed E-state index contributed by atoms with van der Waals surface area (Å²) in [5.41, 5.74) is 0. The van der Waals surface area contributed by atoms with Crippen LogP contribution in [0.1, 0.15) is 0 Å². The zero-order valence-corrected chi connectivity index (χ0v) is 11.3. The summed E-state index contributed by atoms with van der Waals surface area (Å²) in [5.74, 6) is 0.677. The Labute approximate surface area is 115 Å². The first kappa shape index (κ1) is 13.8. The summed E-state index contributed by atoms with van der Waals surface area (Å²) in [6.07, 6.45) is 1.57. The summed E-state index contributed by atoms with van der Waals surface area (Å²) in [7, 11) is -3.86. The second kappa shape index (κ2) is 5.57. The lowest BCUT2D eigenvalue weighted by Gasteiger charge is -2.08. The zero-order chi connectivity index (χ0) is 13.9. The lowest BCUT2D eigenvalue weighted by molar-refractivity contribution is 0.460. The molecular formula is C11H11N3O3S2. The first-order chi connectivity index (χ1) is 9.00. The molecule has 0 amide bonds. The Hall–Kier alpha value is -1.61. The van der Waals surface area contributed by atoms with E-state index in [1.54, 1.807) is 30.5 Å². The molecule has 0 radical (unpaired) electrons. The Kier molecular flexibility index (Phi) is 4.05. The minimum absolute atomic E-state index is 0.0755. The van der Waals surface area contributed by atoms with Gasteiger partial charge in [-0.25, -0.2) is 18.5 Å². The number of sulfonamides is 1. The lowest BCUT2D eigenvalue weighted by atomic mass is 10.3. The monoisotopic (exact) mass is 297 g/mol. The number of nitrogens with two attached hydrogens (primary N) is 2. The molecule has 0 aliphatic heterocycles. The highest BCUT2D eigenvalue weighted by molar-refractivity contribution is 7.98. The van der Waals surface area contributed by atoms with Gasteiger partial charge in [-0.15, -0.1) is 0 Å². The molecule has 8 heteroatoms. The quantitative estimate of drug-likeness (QED) is 0.828. The van der Waals surface area contributed by atoms with E-state index in [9.17, 15) is 8.42 Å². The fraction of sp³-hybridized carbons (Fsp3) is 0. The van der Waals surface area contributed by atoms with Crippen LogP contribution in [0.2, 0.25) is 0 Å². The van der Waals surface area contributed by atoms with Gasteiger partial charge in [-0.3, -0.25) is 5.14 Å². The number of hydrogen-bond acceptors (Lipinski definition) is 6. The van der Waals surface area contributed by atoms with Gasteiger partial charge in [0.2, 0.25) is 15.9 Å². The molecule has 0 fully saturated rings. The predicted octanol–water partition coefficient (Wildman–Crippen LogP) is 1.49. The molecule has 0 bridgehead atoms. The number of benzene rings is 1. The molecule has 0 saturated carbocycles. The van der Waals surface area contributed by atoms with Crippen LogP contribution in [0.4, 0.5) is 0 Å². The van der Waals surface area contributed by atoms with Crippen LogP contribution < -0.4 is 15.0 Å². The van der Waals surface area contributed by atoms with Crippen molar-refractivity contribution >= 4 is 22.0 Å². The van der Waals surface area contributed by atoms with Crippen LogP contribution in [0.15, 0.2) is 52.4 Å². The highest BCUT2D eigenvalue weighted by Gasteiger charge is 2.15. The molecule has 2 rings (SSSR count). The minimum atomic E-state index is -3.86. The van der Waals surface area contributed by atoms with Crippen molar-refractivity contribution in [2.45, 2.75) is 9.79 Å². The molecule has 1 heterocycles. The first-order valence-corrected chi connectivity index (χ1v) is 7.56. The molecule has 2 aromatic rings. The third-order valence-electron chi connectivity index (χ3n) is 2.21. The number of ether oxygens (including phenoxy) is 1. The predicted molar refractivity (Wildman–Crippen MR) is 72.2 cm³/mol. The highest BCUT2D eigenvalue weighted by atomic mass is 32.2. The first-order valence-electron chi connectivity index (χ1n) is 5.13. The van der Waals surface area contributed by atoms with Gasteiger partial charge in [0, 0.05) is 23.2 Å². The molecule has 0 unspecified atom stereocenters. The summed E-state index contributed by atoms with van der Waals surface area (Å²) in [6.45, 7) is 0. The Morgan fingerprint density at radius 3 is 2.58 bits per heavy atom. The van der Waals surface area contributed by atoms with Crippen LogP contribution in [-0.2, 0) is 10.0 Å². The molecule has 0 aliphatic carbocycles. The van der Waals surface area contributed by atoms with Crippen molar-refractivity contribution < 1.29 is 13.2 Å². The van der Waals surface area contributed by atoms with Crippen LogP contribution in [0.3, 0.4) is 0 Å². The molecule has 0 spiro atoms. The average molecular weight is 297 g/mol. The highest BCUT2D eigenvalue weighted by Crippen LogP contribution is 2.28. The van der Waals surface area contributed by atoms with E-state index in [0.717, 1.165) is 11.9 Å². The second-order valence-electron chi connectivity index (χ2n) is 3.54. The smallest absolute Gasteiger partial charge is 0.239 e. The fourth-order valence-electron chi connectivity index (χ4n) is 1.40. The van der Waals surface area contributed by atoms with E-state index in [1.165, 1.54) is 12.1 Å². The standard InChI is InChI=1S/C11H11N3O3S2/c12-18-9-5-4-8(7-10(9)19(13,15)16)17-11-3-1-2-6-14-11/h1-7H,12H2,(H2,13,15,16). The van der Waals surface area contributed by atoms with E-state index in [4.69, 9.17) is 15.0 Å². The van der Waals surface area contributed by atoms with Crippen molar-refractivity contribution in [1.82, 2.24) is 4.98 Å². The molecule has 4 N–H and O–H groups in total. The Balaban J connectivity index is 2.39. The van der Waals surface area contributed by atoms with Gasteiger partial charge in [-0.2, -0.15) is 0 Å². The normalized spacial score (nSPS) is 11.3. The summed E-state index contributed by atoms with van der Waals surface area (Å²) in [4.78, 5) is 4.26. The summed E-state index contributed by atoms with van der Waals surface area (Å²) < 4.78 is 28.3. The molecule has 0 atom stereocenters. The van der Waals surface area contributed by atoms with E-state index in [1.807, 2.05) is 0 Å². The Morgan fingerprint density at radius 1 is 1.21 bits per heavy atom. The fourth-order valence-corrected chi connectivity index (χ4v) is 2.84. The van der Waals surface area contributed by atoms with E-state index in [0.29, 0.717) is 16.5 Å². The molecule has 100 valence electrons. The van der Waals surface area contributed by atoms with Crippen molar-refractivity contribution in [3.8, 4) is 11.6 Å². The second-order valence-corrected chi connectivity index (χ2v) is 5.75. The summed E-state index contributed by atoms with van der Waals surface area (Å²) in [5, 5.41) is 10.5. The number of rotatable bonds is 4. The van der Waals surface area contributed by atoms with Gasteiger partial charge in [0.15, 0.2) is 0 Å². The van der Waals surface area contributed by atoms with Gasteiger partial charge in [0.05, 0.1) is 0 Å². The van der Waals surface area contributed by atoms with E-state index in [-0.39, 0.29) is 4.90 Å². The molecule has 1 aromatic heterocycles. The third kappa shape index (κ3) is 3.44. The number of pyridine rings is 1. The summed E-state index contributed by atoms with van der Waals surface area (Å²) in [6, 6.07) is 9.60. The van der Waals surface area contributed by atoms with E-state index >= 15 is 0 Å². The van der Waals surface area contributed by atoms with Gasteiger partial charge in [0.1, 0.15) is 10.6 Å². The van der Waals surface area contributed by atoms with E-state index < -0.39 is 10.0 Å². The number of aromatic nitrogens is 1. The third-order valence-corrected chi connectivity index (χ3v) is 3.90. The SMILES string of the molecule is NSc1ccc(Oc2ccccn2)cc1S(N)(=O)=O. The lowest BCUT2D eigenvalue weighted by Crippen LogP contribution is -2.13. The van der Waals surface area contributed by atoms with Gasteiger partial charge >= 0.3 is 0 Å². The van der Waals surface area contributed by atoms with Crippen LogP contribution in [-0.4, -0.2) is 13.4 Å². The van der Waals surface area contributed by atoms with Gasteiger partial charge in [0.25, 0.3) is 0 Å². The average Bonchev–Trinajstić information content (AvgIpc) is 2.39. The zero-order valence-electron chi connectivity index (χ0n) is 9.68. The maximum absolute atomic E-state index is 11.5. The van der Waals surface area contributed by atoms with Crippen LogP contribution in [0.5, 0.6) is 11.6 Å². The van der Waals surface area contributed by atoms with Crippen molar-refractivity contribution in [3.05, 3.63) is 42.6 Å². The largest absolute Gasteiger partial charge is 0.439 e. The van der Waals surface area contributed by atoms with Crippen LogP contribution in [0.25, 0.3) is 0 Å². The Morgan fingerprint density at radius 2 is 2.00 bits per heavy atom. The van der Waals surface area contributed by atoms with Gasteiger partial charge in [-0.05, 0) is 30.1 Å². The maximum atomic E-state index is 11.5. The molecule has 0 saturated heterocycles. The van der Waals surface area contributed by atoms with Crippen LogP contribution >= 0.6 is 11.9 Å². The Bertz CT molecular complexity index is 675.